The van der Waals surface area contributed by atoms with Crippen molar-refractivity contribution in [1.29, 1.82) is 0 Å². The lowest BCUT2D eigenvalue weighted by molar-refractivity contribution is -0.122. The third kappa shape index (κ3) is 2.37. The Morgan fingerprint density at radius 2 is 1.43 bits per heavy atom. The lowest BCUT2D eigenvalue weighted by Crippen LogP contribution is -2.19. The van der Waals surface area contributed by atoms with Gasteiger partial charge in [0.15, 0.2) is 0 Å². The summed E-state index contributed by atoms with van der Waals surface area (Å²) < 4.78 is 0. The van der Waals surface area contributed by atoms with Gasteiger partial charge in [0.2, 0.25) is 0 Å². The van der Waals surface area contributed by atoms with Crippen LogP contribution in [-0.2, 0) is 4.79 Å². The fourth-order valence-electron chi connectivity index (χ4n) is 3.23. The molecule has 1 atom stereocenters. The molecule has 1 nitrogen and oxygen atoms in total. The highest BCUT2D eigenvalue weighted by Gasteiger charge is 2.31. The maximum Gasteiger partial charge on any atom is 0.136 e. The Labute approximate surface area is 87.3 Å². The first-order valence-electron chi connectivity index (χ1n) is 6.40. The van der Waals surface area contributed by atoms with E-state index in [0.29, 0.717) is 11.7 Å². The van der Waals surface area contributed by atoms with E-state index in [9.17, 15) is 4.79 Å². The molecule has 0 N–H and O–H groups in total. The number of hydrogen-bond acceptors (Lipinski definition) is 1. The molecular weight excluding hydrogens is 172 g/mol. The van der Waals surface area contributed by atoms with Crippen LogP contribution >= 0.6 is 0 Å². The van der Waals surface area contributed by atoms with Crippen LogP contribution in [0.5, 0.6) is 0 Å². The molecule has 0 aromatic carbocycles. The first kappa shape index (κ1) is 10.2. The van der Waals surface area contributed by atoms with Gasteiger partial charge in [0.25, 0.3) is 0 Å². The van der Waals surface area contributed by atoms with Crippen LogP contribution in [0.1, 0.15) is 64.2 Å². The van der Waals surface area contributed by atoms with Crippen molar-refractivity contribution < 1.29 is 4.79 Å². The summed E-state index contributed by atoms with van der Waals surface area (Å²) in [5.41, 5.74) is 0. The van der Waals surface area contributed by atoms with Gasteiger partial charge in [-0.1, -0.05) is 32.1 Å². The Morgan fingerprint density at radius 1 is 0.786 bits per heavy atom. The fourth-order valence-corrected chi connectivity index (χ4v) is 3.23. The van der Waals surface area contributed by atoms with Gasteiger partial charge in [0, 0.05) is 12.3 Å². The second-order valence-electron chi connectivity index (χ2n) is 5.07. The highest BCUT2D eigenvalue weighted by atomic mass is 16.1. The molecule has 1 unspecified atom stereocenters. The van der Waals surface area contributed by atoms with E-state index in [-0.39, 0.29) is 0 Å². The van der Waals surface area contributed by atoms with Gasteiger partial charge in [0.1, 0.15) is 5.78 Å². The Bertz CT molecular complexity index is 189. The second kappa shape index (κ2) is 4.95. The summed E-state index contributed by atoms with van der Waals surface area (Å²) in [6.45, 7) is 0. The highest BCUT2D eigenvalue weighted by Crippen LogP contribution is 2.35. The third-order valence-corrected chi connectivity index (χ3v) is 4.07. The topological polar surface area (TPSA) is 17.1 Å². The summed E-state index contributed by atoms with van der Waals surface area (Å²) in [6, 6.07) is 0. The summed E-state index contributed by atoms with van der Waals surface area (Å²) in [5, 5.41) is 0. The predicted octanol–water partition coefficient (Wildman–Crippen LogP) is 3.72. The van der Waals surface area contributed by atoms with Crippen molar-refractivity contribution in [3.8, 4) is 0 Å². The molecule has 2 aliphatic carbocycles. The normalized spacial score (nSPS) is 31.4. The number of rotatable bonds is 1. The van der Waals surface area contributed by atoms with Crippen molar-refractivity contribution in [3.63, 3.8) is 0 Å². The summed E-state index contributed by atoms with van der Waals surface area (Å²) >= 11 is 0. The largest absolute Gasteiger partial charge is 0.299 e. The molecule has 0 aliphatic heterocycles. The lowest BCUT2D eigenvalue weighted by atomic mass is 9.80. The first-order valence-corrected chi connectivity index (χ1v) is 6.40. The zero-order valence-corrected chi connectivity index (χ0v) is 9.13. The number of carbonyl (C=O) groups is 1. The van der Waals surface area contributed by atoms with Crippen LogP contribution in [0.3, 0.4) is 0 Å². The van der Waals surface area contributed by atoms with Crippen LogP contribution in [0, 0.1) is 11.8 Å². The van der Waals surface area contributed by atoms with Crippen molar-refractivity contribution in [1.82, 2.24) is 0 Å². The Balaban J connectivity index is 1.90. The van der Waals surface area contributed by atoms with Gasteiger partial charge in [-0.15, -0.1) is 0 Å². The van der Waals surface area contributed by atoms with Crippen molar-refractivity contribution in [2.45, 2.75) is 64.2 Å². The zero-order chi connectivity index (χ0) is 9.80. The van der Waals surface area contributed by atoms with Gasteiger partial charge in [-0.25, -0.2) is 0 Å². The minimum Gasteiger partial charge on any atom is -0.299 e. The molecule has 2 fully saturated rings. The lowest BCUT2D eigenvalue weighted by Gasteiger charge is -2.24. The number of carbonyl (C=O) groups excluding carboxylic acids is 1. The SMILES string of the molecule is O=C1CCCC1C1CCCCCCC1. The molecular formula is C13H22O. The van der Waals surface area contributed by atoms with E-state index in [1.807, 2.05) is 0 Å². The van der Waals surface area contributed by atoms with Gasteiger partial charge in [0.05, 0.1) is 0 Å². The fraction of sp³-hybridized carbons (Fsp3) is 0.923. The smallest absolute Gasteiger partial charge is 0.136 e. The summed E-state index contributed by atoms with van der Waals surface area (Å²) in [7, 11) is 0. The number of hydrogen-bond donors (Lipinski definition) is 0. The van der Waals surface area contributed by atoms with E-state index in [4.69, 9.17) is 0 Å². The van der Waals surface area contributed by atoms with Crippen molar-refractivity contribution in [3.05, 3.63) is 0 Å². The molecule has 0 amide bonds. The van der Waals surface area contributed by atoms with Crippen LogP contribution in [0.25, 0.3) is 0 Å². The van der Waals surface area contributed by atoms with Crippen LogP contribution in [0.15, 0.2) is 0 Å². The molecule has 1 heteroatoms. The summed E-state index contributed by atoms with van der Waals surface area (Å²) in [4.78, 5) is 11.7. The molecule has 80 valence electrons. The monoisotopic (exact) mass is 194 g/mol. The van der Waals surface area contributed by atoms with E-state index in [1.165, 1.54) is 57.8 Å². The number of Topliss-reactive ketones (excluding diaryl/α,β-unsaturated/α-hetero) is 1. The van der Waals surface area contributed by atoms with Crippen molar-refractivity contribution >= 4 is 5.78 Å². The number of ketones is 1. The van der Waals surface area contributed by atoms with E-state index in [0.717, 1.165) is 12.3 Å². The molecule has 0 heterocycles. The van der Waals surface area contributed by atoms with Crippen LogP contribution in [0.2, 0.25) is 0 Å². The average Bonchev–Trinajstić information content (AvgIpc) is 2.51. The average molecular weight is 194 g/mol. The summed E-state index contributed by atoms with van der Waals surface area (Å²) in [5.74, 6) is 1.80. The molecule has 0 bridgehead atoms. The molecule has 14 heavy (non-hydrogen) atoms. The van der Waals surface area contributed by atoms with Crippen molar-refractivity contribution in [2.75, 3.05) is 0 Å². The highest BCUT2D eigenvalue weighted by molar-refractivity contribution is 5.83. The molecule has 0 aromatic heterocycles. The van der Waals surface area contributed by atoms with E-state index in [1.54, 1.807) is 0 Å². The Hall–Kier alpha value is -0.330. The van der Waals surface area contributed by atoms with Gasteiger partial charge in [-0.2, -0.15) is 0 Å². The Morgan fingerprint density at radius 3 is 2.00 bits per heavy atom. The quantitative estimate of drug-likeness (QED) is 0.622. The van der Waals surface area contributed by atoms with Gasteiger partial charge in [-0.05, 0) is 31.6 Å². The predicted molar refractivity (Wildman–Crippen MR) is 58.2 cm³/mol. The van der Waals surface area contributed by atoms with E-state index < -0.39 is 0 Å². The Kier molecular flexibility index (Phi) is 3.61. The molecule has 2 aliphatic rings. The maximum atomic E-state index is 11.7. The van der Waals surface area contributed by atoms with Gasteiger partial charge >= 0.3 is 0 Å². The first-order chi connectivity index (χ1) is 6.88. The maximum absolute atomic E-state index is 11.7. The van der Waals surface area contributed by atoms with Gasteiger partial charge < -0.3 is 0 Å². The van der Waals surface area contributed by atoms with E-state index in [2.05, 4.69) is 0 Å². The third-order valence-electron chi connectivity index (χ3n) is 4.07. The van der Waals surface area contributed by atoms with Gasteiger partial charge in [-0.3, -0.25) is 4.79 Å². The van der Waals surface area contributed by atoms with Crippen LogP contribution in [-0.4, -0.2) is 5.78 Å². The zero-order valence-electron chi connectivity index (χ0n) is 9.13. The minimum absolute atomic E-state index is 0.466. The standard InChI is InChI=1S/C13H22O/c14-13-10-6-9-12(13)11-7-4-2-1-3-5-8-11/h11-12H,1-10H2. The van der Waals surface area contributed by atoms with Crippen LogP contribution < -0.4 is 0 Å². The van der Waals surface area contributed by atoms with Crippen molar-refractivity contribution in [2.24, 2.45) is 11.8 Å². The summed E-state index contributed by atoms with van der Waals surface area (Å²) in [6.07, 6.45) is 12.9. The molecule has 0 radical (unpaired) electrons. The van der Waals surface area contributed by atoms with Crippen LogP contribution in [0.4, 0.5) is 0 Å². The molecule has 0 aromatic rings. The minimum atomic E-state index is 0.466. The molecule has 2 rings (SSSR count). The molecule has 2 saturated carbocycles. The molecule has 0 spiro atoms. The molecule has 0 saturated heterocycles. The van der Waals surface area contributed by atoms with E-state index >= 15 is 0 Å². The second-order valence-corrected chi connectivity index (χ2v) is 5.07.